The minimum atomic E-state index is 0.577. The van der Waals surface area contributed by atoms with E-state index in [2.05, 4.69) is 4.98 Å². The summed E-state index contributed by atoms with van der Waals surface area (Å²) in [4.78, 5) is 4.61. The Morgan fingerprint density at radius 3 is 2.05 bits per heavy atom. The van der Waals surface area contributed by atoms with Gasteiger partial charge in [0.05, 0.1) is 26.9 Å². The molecular weight excluding hydrogens is 270 g/mol. The molecule has 0 aliphatic heterocycles. The number of imidazole rings is 1. The predicted molar refractivity (Wildman–Crippen MR) is 82.1 cm³/mol. The van der Waals surface area contributed by atoms with Gasteiger partial charge in [0.25, 0.3) is 0 Å². The highest BCUT2D eigenvalue weighted by atomic mass is 16.5. The monoisotopic (exact) mass is 291 g/mol. The molecular formula is C15H21N3O3. The van der Waals surface area contributed by atoms with Crippen molar-refractivity contribution in [3.63, 3.8) is 0 Å². The van der Waals surface area contributed by atoms with Crippen LogP contribution >= 0.6 is 0 Å². The maximum atomic E-state index is 6.19. The smallest absolute Gasteiger partial charge is 0.135 e. The number of hydrogen-bond acceptors (Lipinski definition) is 5. The first-order chi connectivity index (χ1) is 10.1. The highest BCUT2D eigenvalue weighted by Crippen LogP contribution is 2.43. The predicted octanol–water partition coefficient (Wildman–Crippen LogP) is 2.26. The van der Waals surface area contributed by atoms with Crippen molar-refractivity contribution in [2.45, 2.75) is 13.3 Å². The van der Waals surface area contributed by atoms with E-state index in [9.17, 15) is 0 Å². The van der Waals surface area contributed by atoms with Crippen LogP contribution in [0.3, 0.4) is 0 Å². The Kier molecular flexibility index (Phi) is 4.26. The topological polar surface area (TPSA) is 71.5 Å². The maximum Gasteiger partial charge on any atom is 0.135 e. The summed E-state index contributed by atoms with van der Waals surface area (Å²) in [7, 11) is 6.68. The van der Waals surface area contributed by atoms with Crippen molar-refractivity contribution >= 4 is 5.82 Å². The average molecular weight is 291 g/mol. The van der Waals surface area contributed by atoms with E-state index in [1.807, 2.05) is 18.5 Å². The Bertz CT molecular complexity index is 625. The quantitative estimate of drug-likeness (QED) is 0.915. The summed E-state index contributed by atoms with van der Waals surface area (Å²) in [5.41, 5.74) is 7.58. The lowest BCUT2D eigenvalue weighted by molar-refractivity contribution is 0.377. The molecule has 0 unspecified atom stereocenters. The standard InChI is InChI=1S/C15H21N3O3/c1-6-12-17-14(15(16)18(12)2)13-10(20-4)7-9(19-3)8-11(13)21-5/h7-8H,6,16H2,1-5H3. The fourth-order valence-corrected chi connectivity index (χ4v) is 2.30. The molecule has 0 radical (unpaired) electrons. The van der Waals surface area contributed by atoms with E-state index in [1.165, 1.54) is 0 Å². The second-order valence-corrected chi connectivity index (χ2v) is 4.58. The van der Waals surface area contributed by atoms with Crippen molar-refractivity contribution in [3.8, 4) is 28.5 Å². The maximum absolute atomic E-state index is 6.19. The molecule has 21 heavy (non-hydrogen) atoms. The van der Waals surface area contributed by atoms with E-state index in [4.69, 9.17) is 19.9 Å². The van der Waals surface area contributed by atoms with Gasteiger partial charge in [0.15, 0.2) is 0 Å². The largest absolute Gasteiger partial charge is 0.496 e. The van der Waals surface area contributed by atoms with Crippen molar-refractivity contribution < 1.29 is 14.2 Å². The van der Waals surface area contributed by atoms with Crippen molar-refractivity contribution in [1.29, 1.82) is 0 Å². The van der Waals surface area contributed by atoms with Crippen LogP contribution in [-0.4, -0.2) is 30.9 Å². The van der Waals surface area contributed by atoms with Crippen LogP contribution in [-0.2, 0) is 13.5 Å². The molecule has 114 valence electrons. The molecule has 0 saturated heterocycles. The van der Waals surface area contributed by atoms with Crippen LogP contribution in [0.2, 0.25) is 0 Å². The number of nitrogen functional groups attached to an aromatic ring is 1. The molecule has 6 nitrogen and oxygen atoms in total. The lowest BCUT2D eigenvalue weighted by Crippen LogP contribution is -2.01. The molecule has 0 spiro atoms. The van der Waals surface area contributed by atoms with Crippen LogP contribution < -0.4 is 19.9 Å². The van der Waals surface area contributed by atoms with Gasteiger partial charge in [0, 0.05) is 25.6 Å². The summed E-state index contributed by atoms with van der Waals surface area (Å²) in [5, 5.41) is 0. The van der Waals surface area contributed by atoms with Crippen molar-refractivity contribution in [1.82, 2.24) is 9.55 Å². The molecule has 0 atom stereocenters. The van der Waals surface area contributed by atoms with Gasteiger partial charge in [-0.1, -0.05) is 6.92 Å². The van der Waals surface area contributed by atoms with Gasteiger partial charge in [-0.05, 0) is 0 Å². The molecule has 0 fully saturated rings. The van der Waals surface area contributed by atoms with Crippen LogP contribution in [0.4, 0.5) is 5.82 Å². The Morgan fingerprint density at radius 2 is 1.67 bits per heavy atom. The zero-order valence-electron chi connectivity index (χ0n) is 13.1. The molecule has 1 aromatic heterocycles. The summed E-state index contributed by atoms with van der Waals surface area (Å²) in [6, 6.07) is 3.58. The lowest BCUT2D eigenvalue weighted by atomic mass is 10.1. The number of hydrogen-bond donors (Lipinski definition) is 1. The van der Waals surface area contributed by atoms with Crippen LogP contribution in [0.1, 0.15) is 12.7 Å². The molecule has 2 N–H and O–H groups in total. The highest BCUT2D eigenvalue weighted by Gasteiger charge is 2.22. The summed E-state index contributed by atoms with van der Waals surface area (Å²) < 4.78 is 18.0. The number of ether oxygens (including phenoxy) is 3. The molecule has 1 aromatic carbocycles. The first-order valence-electron chi connectivity index (χ1n) is 6.68. The van der Waals surface area contributed by atoms with E-state index < -0.39 is 0 Å². The lowest BCUT2D eigenvalue weighted by Gasteiger charge is -2.14. The summed E-state index contributed by atoms with van der Waals surface area (Å²) in [6.45, 7) is 2.04. The molecule has 0 aliphatic carbocycles. The zero-order valence-corrected chi connectivity index (χ0v) is 13.1. The van der Waals surface area contributed by atoms with Crippen LogP contribution in [0.5, 0.6) is 17.2 Å². The third-order valence-corrected chi connectivity index (χ3v) is 3.50. The third-order valence-electron chi connectivity index (χ3n) is 3.50. The van der Waals surface area contributed by atoms with Gasteiger partial charge < -0.3 is 24.5 Å². The Morgan fingerprint density at radius 1 is 1.10 bits per heavy atom. The van der Waals surface area contributed by atoms with E-state index in [0.717, 1.165) is 17.8 Å². The fourth-order valence-electron chi connectivity index (χ4n) is 2.30. The number of aromatic nitrogens is 2. The van der Waals surface area contributed by atoms with E-state index in [1.54, 1.807) is 33.5 Å². The van der Waals surface area contributed by atoms with Crippen LogP contribution in [0, 0.1) is 0 Å². The average Bonchev–Trinajstić information content (AvgIpc) is 2.81. The summed E-state index contributed by atoms with van der Waals surface area (Å²) in [6.07, 6.45) is 0.793. The van der Waals surface area contributed by atoms with E-state index in [0.29, 0.717) is 28.8 Å². The highest BCUT2D eigenvalue weighted by molar-refractivity contribution is 5.82. The van der Waals surface area contributed by atoms with Crippen molar-refractivity contribution in [2.24, 2.45) is 7.05 Å². The number of benzene rings is 1. The van der Waals surface area contributed by atoms with Crippen molar-refractivity contribution in [3.05, 3.63) is 18.0 Å². The van der Waals surface area contributed by atoms with Crippen LogP contribution in [0.15, 0.2) is 12.1 Å². The molecule has 1 heterocycles. The number of anilines is 1. The summed E-state index contributed by atoms with van der Waals surface area (Å²) in [5.74, 6) is 3.35. The Balaban J connectivity index is 2.73. The van der Waals surface area contributed by atoms with Gasteiger partial charge in [-0.25, -0.2) is 4.98 Å². The van der Waals surface area contributed by atoms with E-state index in [-0.39, 0.29) is 0 Å². The van der Waals surface area contributed by atoms with Gasteiger partial charge in [-0.3, -0.25) is 0 Å². The third kappa shape index (κ3) is 2.49. The number of aryl methyl sites for hydroxylation is 1. The van der Waals surface area contributed by atoms with Gasteiger partial charge in [0.2, 0.25) is 0 Å². The first-order valence-corrected chi connectivity index (χ1v) is 6.68. The van der Waals surface area contributed by atoms with Gasteiger partial charge in [0.1, 0.15) is 34.6 Å². The Labute approximate surface area is 124 Å². The molecule has 0 aliphatic rings. The molecule has 0 bridgehead atoms. The number of methoxy groups -OCH3 is 3. The van der Waals surface area contributed by atoms with Crippen LogP contribution in [0.25, 0.3) is 11.3 Å². The zero-order chi connectivity index (χ0) is 15.6. The van der Waals surface area contributed by atoms with Gasteiger partial charge in [-0.2, -0.15) is 0 Å². The minimum Gasteiger partial charge on any atom is -0.496 e. The van der Waals surface area contributed by atoms with Gasteiger partial charge in [-0.15, -0.1) is 0 Å². The molecule has 6 heteroatoms. The Hall–Kier alpha value is -2.37. The number of nitrogens with zero attached hydrogens (tertiary/aromatic N) is 2. The normalized spacial score (nSPS) is 10.5. The second kappa shape index (κ2) is 5.95. The number of rotatable bonds is 5. The molecule has 0 amide bonds. The minimum absolute atomic E-state index is 0.577. The summed E-state index contributed by atoms with van der Waals surface area (Å²) >= 11 is 0. The first kappa shape index (κ1) is 15.0. The van der Waals surface area contributed by atoms with Crippen molar-refractivity contribution in [2.75, 3.05) is 27.1 Å². The fraction of sp³-hybridized carbons (Fsp3) is 0.400. The number of nitrogens with two attached hydrogens (primary N) is 1. The molecule has 0 saturated carbocycles. The SMILES string of the molecule is CCc1nc(-c2c(OC)cc(OC)cc2OC)c(N)n1C. The van der Waals surface area contributed by atoms with Gasteiger partial charge >= 0.3 is 0 Å². The molecule has 2 aromatic rings. The second-order valence-electron chi connectivity index (χ2n) is 4.58. The molecule has 2 rings (SSSR count). The van der Waals surface area contributed by atoms with E-state index >= 15 is 0 Å².